The maximum atomic E-state index is 16.3. The average Bonchev–Trinajstić information content (AvgIpc) is 3.03. The Bertz CT molecular complexity index is 1810. The monoisotopic (exact) mass is 635 g/mol. The first-order chi connectivity index (χ1) is 20.9. The lowest BCUT2D eigenvalue weighted by Crippen LogP contribution is -2.64. The highest BCUT2D eigenvalue weighted by atomic mass is 32.2. The van der Waals surface area contributed by atoms with Gasteiger partial charge in [0.1, 0.15) is 0 Å². The van der Waals surface area contributed by atoms with Crippen molar-refractivity contribution < 1.29 is 8.77 Å². The van der Waals surface area contributed by atoms with Gasteiger partial charge in [0, 0.05) is 20.7 Å². The molecule has 0 aromatic heterocycles. The molecule has 0 spiro atoms. The predicted octanol–water partition coefficient (Wildman–Crippen LogP) is 7.51. The van der Waals surface area contributed by atoms with Gasteiger partial charge < -0.3 is 4.57 Å². The Kier molecular flexibility index (Phi) is 8.79. The van der Waals surface area contributed by atoms with Crippen LogP contribution in [0, 0.1) is 0 Å². The van der Waals surface area contributed by atoms with Gasteiger partial charge in [-0.25, -0.2) is 4.21 Å². The third kappa shape index (κ3) is 5.47. The molecule has 0 N–H and O–H groups in total. The van der Waals surface area contributed by atoms with E-state index in [0.29, 0.717) is 20.8 Å². The fourth-order valence-corrected chi connectivity index (χ4v) is 19.1. The SMILES string of the molecule is CC(C)(C)[Si](N=[S@](=O)(c1ccccc1P(=O)(c1ccccc1)c1ccccc1)C(C)(C)C)(c1ccccc1)c1ccccc1. The number of nitrogens with zero attached hydrogens (tertiary/aromatic N) is 1. The predicted molar refractivity (Wildman–Crippen MR) is 192 cm³/mol. The highest BCUT2D eigenvalue weighted by Crippen LogP contribution is 2.47. The summed E-state index contributed by atoms with van der Waals surface area (Å²) in [5.74, 6) is 0. The fraction of sp³-hybridized carbons (Fsp3) is 0.211. The molecule has 0 saturated carbocycles. The van der Waals surface area contributed by atoms with E-state index in [4.69, 9.17) is 4.03 Å². The maximum absolute atomic E-state index is 16.3. The quantitative estimate of drug-likeness (QED) is 0.137. The van der Waals surface area contributed by atoms with Crippen LogP contribution in [0.3, 0.4) is 0 Å². The molecular weight excluding hydrogens is 594 g/mol. The third-order valence-corrected chi connectivity index (χ3v) is 20.8. The zero-order valence-electron chi connectivity index (χ0n) is 26.5. The van der Waals surface area contributed by atoms with Gasteiger partial charge in [-0.2, -0.15) is 0 Å². The molecule has 5 rings (SSSR count). The molecule has 0 saturated heterocycles. The van der Waals surface area contributed by atoms with Crippen molar-refractivity contribution in [3.05, 3.63) is 146 Å². The van der Waals surface area contributed by atoms with Crippen LogP contribution in [-0.2, 0) is 14.3 Å². The molecule has 0 aliphatic heterocycles. The van der Waals surface area contributed by atoms with Crippen LogP contribution in [0.25, 0.3) is 0 Å². The molecule has 3 nitrogen and oxygen atoms in total. The third-order valence-electron chi connectivity index (χ3n) is 8.31. The van der Waals surface area contributed by atoms with E-state index in [1.54, 1.807) is 0 Å². The Morgan fingerprint density at radius 2 is 0.909 bits per heavy atom. The lowest BCUT2D eigenvalue weighted by molar-refractivity contribution is 0.592. The van der Waals surface area contributed by atoms with Crippen LogP contribution in [0.2, 0.25) is 5.04 Å². The largest absolute Gasteiger partial charge is 0.309 e. The Labute approximate surface area is 265 Å². The zero-order chi connectivity index (χ0) is 31.6. The van der Waals surface area contributed by atoms with E-state index in [2.05, 4.69) is 45.0 Å². The molecule has 5 aromatic carbocycles. The van der Waals surface area contributed by atoms with Gasteiger partial charge in [-0.3, -0.25) is 4.03 Å². The van der Waals surface area contributed by atoms with Crippen LogP contribution in [0.15, 0.2) is 155 Å². The average molecular weight is 636 g/mol. The van der Waals surface area contributed by atoms with Crippen LogP contribution >= 0.6 is 7.14 Å². The molecule has 0 fully saturated rings. The van der Waals surface area contributed by atoms with Gasteiger partial charge in [-0.05, 0) is 48.3 Å². The summed E-state index contributed by atoms with van der Waals surface area (Å²) in [6.07, 6.45) is 0. The summed E-state index contributed by atoms with van der Waals surface area (Å²) in [4.78, 5) is 0.552. The van der Waals surface area contributed by atoms with Crippen molar-refractivity contribution in [1.82, 2.24) is 0 Å². The minimum atomic E-state index is -3.45. The van der Waals surface area contributed by atoms with Crippen molar-refractivity contribution in [2.24, 2.45) is 4.03 Å². The van der Waals surface area contributed by atoms with Crippen molar-refractivity contribution >= 4 is 51.4 Å². The Morgan fingerprint density at radius 1 is 0.545 bits per heavy atom. The number of hydrogen-bond donors (Lipinski definition) is 0. The van der Waals surface area contributed by atoms with Crippen LogP contribution in [-0.4, -0.2) is 17.2 Å². The number of hydrogen-bond acceptors (Lipinski definition) is 3. The normalized spacial score (nSPS) is 14.0. The summed E-state index contributed by atoms with van der Waals surface area (Å²) >= 11 is 0. The number of rotatable bonds is 7. The standard InChI is InChI=1S/C38H42NO2PSSi/c1-37(2,3)43(41,39-44(38(4,5)6,33-25-15-9-16-26-33)34-27-17-10-18-28-34)36-30-20-19-29-35(36)42(40,31-21-11-7-12-22-31)32-23-13-8-14-24-32/h7-30H,1-6H3/t43-/m0/s1. The van der Waals surface area contributed by atoms with Crippen molar-refractivity contribution in [3.63, 3.8) is 0 Å². The Morgan fingerprint density at radius 3 is 1.30 bits per heavy atom. The van der Waals surface area contributed by atoms with Gasteiger partial charge in [0.25, 0.3) is 8.24 Å². The summed E-state index contributed by atoms with van der Waals surface area (Å²) in [5.41, 5.74) is 0. The van der Waals surface area contributed by atoms with E-state index in [1.165, 1.54) is 0 Å². The van der Waals surface area contributed by atoms with E-state index in [-0.39, 0.29) is 5.04 Å². The highest BCUT2D eigenvalue weighted by molar-refractivity contribution is 7.97. The van der Waals surface area contributed by atoms with Gasteiger partial charge in [-0.15, -0.1) is 0 Å². The van der Waals surface area contributed by atoms with Gasteiger partial charge >= 0.3 is 0 Å². The van der Waals surface area contributed by atoms with Gasteiger partial charge in [0.2, 0.25) is 0 Å². The first-order valence-electron chi connectivity index (χ1n) is 15.1. The van der Waals surface area contributed by atoms with Gasteiger partial charge in [-0.1, -0.05) is 154 Å². The number of benzene rings is 5. The van der Waals surface area contributed by atoms with Crippen LogP contribution in [0.1, 0.15) is 41.5 Å². The lowest BCUT2D eigenvalue weighted by Gasteiger charge is -2.42. The van der Waals surface area contributed by atoms with E-state index < -0.39 is 29.9 Å². The second-order valence-corrected chi connectivity index (χ2v) is 23.4. The molecule has 0 amide bonds. The second-order valence-electron chi connectivity index (χ2n) is 13.2. The Hall–Kier alpha value is -3.50. The molecule has 226 valence electrons. The molecule has 0 radical (unpaired) electrons. The van der Waals surface area contributed by atoms with Crippen LogP contribution < -0.4 is 26.3 Å². The lowest BCUT2D eigenvalue weighted by atomic mass is 10.2. The molecule has 0 bridgehead atoms. The first-order valence-corrected chi connectivity index (χ1v) is 20.2. The molecule has 44 heavy (non-hydrogen) atoms. The Balaban J connectivity index is 1.97. The van der Waals surface area contributed by atoms with Crippen molar-refractivity contribution in [2.75, 3.05) is 0 Å². The maximum Gasteiger partial charge on any atom is 0.260 e. The van der Waals surface area contributed by atoms with Crippen LogP contribution in [0.5, 0.6) is 0 Å². The van der Waals surface area contributed by atoms with Gasteiger partial charge in [0.05, 0.1) is 14.6 Å². The van der Waals surface area contributed by atoms with E-state index in [1.807, 2.05) is 142 Å². The summed E-state index contributed by atoms with van der Waals surface area (Å²) in [5, 5.41) is 3.85. The topological polar surface area (TPSA) is 46.5 Å². The minimum Gasteiger partial charge on any atom is -0.309 e. The van der Waals surface area contributed by atoms with Crippen molar-refractivity contribution in [2.45, 2.75) is 56.2 Å². The van der Waals surface area contributed by atoms with E-state index >= 15 is 8.77 Å². The molecule has 0 heterocycles. The second kappa shape index (κ2) is 12.1. The summed E-state index contributed by atoms with van der Waals surface area (Å²) in [6.45, 7) is 12.7. The summed E-state index contributed by atoms with van der Waals surface area (Å²) in [6, 6.07) is 47.6. The fourth-order valence-electron chi connectivity index (χ4n) is 6.00. The molecule has 0 aliphatic carbocycles. The van der Waals surface area contributed by atoms with E-state index in [9.17, 15) is 0 Å². The minimum absolute atomic E-state index is 0.346. The van der Waals surface area contributed by atoms with Crippen LogP contribution in [0.4, 0.5) is 0 Å². The molecule has 5 aromatic rings. The smallest absolute Gasteiger partial charge is 0.260 e. The molecule has 0 unspecified atom stereocenters. The van der Waals surface area contributed by atoms with Gasteiger partial charge in [0.15, 0.2) is 7.14 Å². The summed E-state index contributed by atoms with van der Waals surface area (Å²) in [7, 11) is -9.85. The van der Waals surface area contributed by atoms with Crippen molar-refractivity contribution in [1.29, 1.82) is 0 Å². The molecule has 6 heteroatoms. The molecule has 0 aliphatic rings. The van der Waals surface area contributed by atoms with E-state index in [0.717, 1.165) is 10.4 Å². The highest BCUT2D eigenvalue weighted by Gasteiger charge is 2.52. The zero-order valence-corrected chi connectivity index (χ0v) is 29.2. The summed E-state index contributed by atoms with van der Waals surface area (Å²) < 4.78 is 37.1. The molecular formula is C38H42NO2PSSi. The van der Waals surface area contributed by atoms with Crippen molar-refractivity contribution in [3.8, 4) is 0 Å². The molecule has 1 atom stereocenters. The first kappa shape index (κ1) is 31.9.